The molecule has 0 aliphatic heterocycles. The number of carboxylic acid groups (broad SMARTS) is 1. The summed E-state index contributed by atoms with van der Waals surface area (Å²) >= 11 is 0. The van der Waals surface area contributed by atoms with Crippen molar-refractivity contribution in [1.29, 1.82) is 0 Å². The van der Waals surface area contributed by atoms with Crippen LogP contribution in [0.1, 0.15) is 50.2 Å². The Labute approximate surface area is 213 Å². The number of amides is 1. The highest BCUT2D eigenvalue weighted by Crippen LogP contribution is 2.26. The molecule has 4 rings (SSSR count). The summed E-state index contributed by atoms with van der Waals surface area (Å²) in [7, 11) is 1.49. The van der Waals surface area contributed by atoms with E-state index in [9.17, 15) is 14.4 Å². The lowest BCUT2D eigenvalue weighted by molar-refractivity contribution is 0.0696. The highest BCUT2D eigenvalue weighted by Gasteiger charge is 2.17. The van der Waals surface area contributed by atoms with Crippen molar-refractivity contribution < 1.29 is 24.2 Å². The molecule has 0 saturated carbocycles. The van der Waals surface area contributed by atoms with Crippen LogP contribution in [0.4, 0.5) is 0 Å². The molecule has 190 valence electrons. The summed E-state index contributed by atoms with van der Waals surface area (Å²) in [6, 6.07) is 17.6. The Morgan fingerprint density at radius 1 is 1.00 bits per heavy atom. The summed E-state index contributed by atoms with van der Waals surface area (Å²) in [5.41, 5.74) is 3.45. The average Bonchev–Trinajstić information content (AvgIpc) is 2.91. The Kier molecular flexibility index (Phi) is 7.95. The second kappa shape index (κ2) is 11.5. The molecule has 0 radical (unpaired) electrons. The molecule has 1 aromatic heterocycles. The van der Waals surface area contributed by atoms with Gasteiger partial charge in [-0.05, 0) is 47.4 Å². The van der Waals surface area contributed by atoms with Crippen LogP contribution >= 0.6 is 0 Å². The number of fused-ring (bicyclic) bond motifs is 1. The van der Waals surface area contributed by atoms with Crippen molar-refractivity contribution in [3.8, 4) is 5.75 Å². The molecule has 0 atom stereocenters. The summed E-state index contributed by atoms with van der Waals surface area (Å²) in [5.74, 6) is -1.12. The fraction of sp³-hybridized carbons (Fsp3) is 0.214. The minimum Gasteiger partial charge on any atom is -0.496 e. The fourth-order valence-corrected chi connectivity index (χ4v) is 3.96. The molecule has 0 bridgehead atoms. The van der Waals surface area contributed by atoms with Gasteiger partial charge in [0.15, 0.2) is 5.82 Å². The van der Waals surface area contributed by atoms with E-state index in [1.807, 2.05) is 24.3 Å². The lowest BCUT2D eigenvalue weighted by Crippen LogP contribution is -2.28. The summed E-state index contributed by atoms with van der Waals surface area (Å²) in [6.07, 6.45) is 0.897. The van der Waals surface area contributed by atoms with Crippen LogP contribution in [-0.4, -0.2) is 34.1 Å². The first kappa shape index (κ1) is 25.6. The predicted octanol–water partition coefficient (Wildman–Crippen LogP) is 3.84. The normalized spacial score (nSPS) is 10.9. The third-order valence-electron chi connectivity index (χ3n) is 5.94. The van der Waals surface area contributed by atoms with E-state index < -0.39 is 17.4 Å². The molecular weight excluding hydrogens is 474 g/mol. The average molecular weight is 502 g/mol. The zero-order chi connectivity index (χ0) is 26.4. The number of H-pyrrole nitrogens is 1. The maximum atomic E-state index is 13.0. The number of hydrogen-bond acceptors (Lipinski definition) is 6. The van der Waals surface area contributed by atoms with Crippen LogP contribution < -0.4 is 15.6 Å². The van der Waals surface area contributed by atoms with Crippen LogP contribution in [-0.2, 0) is 30.9 Å². The molecule has 0 aliphatic rings. The van der Waals surface area contributed by atoms with Gasteiger partial charge in [-0.3, -0.25) is 9.59 Å². The molecule has 0 unspecified atom stereocenters. The quantitative estimate of drug-likeness (QED) is 0.301. The SMILES string of the molecule is CCc1cccc(CNC(=O)c2nc3ccc(OC)c(COCc4ccc(C(=O)O)cc4)c3c(=O)[nH]2)c1. The Balaban J connectivity index is 1.52. The number of aromatic carboxylic acids is 1. The Morgan fingerprint density at radius 3 is 2.46 bits per heavy atom. The van der Waals surface area contributed by atoms with E-state index in [0.717, 1.165) is 17.5 Å². The summed E-state index contributed by atoms with van der Waals surface area (Å²) < 4.78 is 11.2. The first-order valence-corrected chi connectivity index (χ1v) is 11.8. The van der Waals surface area contributed by atoms with Crippen LogP contribution in [0.3, 0.4) is 0 Å². The van der Waals surface area contributed by atoms with Gasteiger partial charge < -0.3 is 24.9 Å². The van der Waals surface area contributed by atoms with Gasteiger partial charge in [0.1, 0.15) is 5.75 Å². The highest BCUT2D eigenvalue weighted by molar-refractivity contribution is 5.93. The minimum absolute atomic E-state index is 0.0469. The van der Waals surface area contributed by atoms with Gasteiger partial charge in [0, 0.05) is 12.1 Å². The number of nitrogens with zero attached hydrogens (tertiary/aromatic N) is 1. The number of nitrogens with one attached hydrogen (secondary N) is 2. The standard InChI is InChI=1S/C28H27N3O6/c1-3-17-5-4-6-19(13-17)14-29-27(33)25-30-22-11-12-23(36-2)21(24(22)26(32)31-25)16-37-15-18-7-9-20(10-8-18)28(34)35/h4-13H,3,14-16H2,1-2H3,(H,29,33)(H,34,35)(H,30,31,32). The topological polar surface area (TPSA) is 131 Å². The van der Waals surface area contributed by atoms with Crippen LogP contribution in [0.2, 0.25) is 0 Å². The van der Waals surface area contributed by atoms with Gasteiger partial charge in [0.25, 0.3) is 11.5 Å². The lowest BCUT2D eigenvalue weighted by atomic mass is 10.1. The molecule has 4 aromatic rings. The number of aromatic amines is 1. The Bertz CT molecular complexity index is 1490. The fourth-order valence-electron chi connectivity index (χ4n) is 3.96. The van der Waals surface area contributed by atoms with E-state index in [4.69, 9.17) is 14.6 Å². The number of aromatic nitrogens is 2. The molecule has 37 heavy (non-hydrogen) atoms. The van der Waals surface area contributed by atoms with E-state index in [1.165, 1.54) is 24.8 Å². The maximum absolute atomic E-state index is 13.0. The molecule has 3 N–H and O–H groups in total. The second-order valence-corrected chi connectivity index (χ2v) is 8.41. The largest absolute Gasteiger partial charge is 0.496 e. The van der Waals surface area contributed by atoms with Crippen molar-refractivity contribution in [2.24, 2.45) is 0 Å². The molecule has 3 aromatic carbocycles. The van der Waals surface area contributed by atoms with E-state index in [1.54, 1.807) is 24.3 Å². The number of carbonyl (C=O) groups excluding carboxylic acids is 1. The van der Waals surface area contributed by atoms with E-state index in [-0.39, 0.29) is 30.0 Å². The Hall–Kier alpha value is -4.50. The van der Waals surface area contributed by atoms with Gasteiger partial charge in [0.05, 0.1) is 36.8 Å². The third-order valence-corrected chi connectivity index (χ3v) is 5.94. The maximum Gasteiger partial charge on any atom is 0.335 e. The van der Waals surface area contributed by atoms with Gasteiger partial charge in [-0.2, -0.15) is 0 Å². The molecule has 0 fully saturated rings. The number of benzene rings is 3. The molecule has 1 amide bonds. The van der Waals surface area contributed by atoms with Gasteiger partial charge in [-0.25, -0.2) is 9.78 Å². The van der Waals surface area contributed by atoms with Crippen LogP contribution in [0.5, 0.6) is 5.75 Å². The van der Waals surface area contributed by atoms with Crippen molar-refractivity contribution in [1.82, 2.24) is 15.3 Å². The van der Waals surface area contributed by atoms with E-state index >= 15 is 0 Å². The Morgan fingerprint density at radius 2 is 1.76 bits per heavy atom. The number of carboxylic acids is 1. The minimum atomic E-state index is -1.00. The van der Waals surface area contributed by atoms with Crippen molar-refractivity contribution in [2.45, 2.75) is 33.1 Å². The number of aryl methyl sites for hydroxylation is 1. The first-order valence-electron chi connectivity index (χ1n) is 11.8. The van der Waals surface area contributed by atoms with Gasteiger partial charge in [-0.15, -0.1) is 0 Å². The third kappa shape index (κ3) is 6.02. The van der Waals surface area contributed by atoms with E-state index in [0.29, 0.717) is 23.4 Å². The van der Waals surface area contributed by atoms with E-state index in [2.05, 4.69) is 22.2 Å². The van der Waals surface area contributed by atoms with Gasteiger partial charge in [-0.1, -0.05) is 43.3 Å². The van der Waals surface area contributed by atoms with Crippen molar-refractivity contribution in [2.75, 3.05) is 7.11 Å². The van der Waals surface area contributed by atoms with Crippen LogP contribution in [0.15, 0.2) is 65.5 Å². The van der Waals surface area contributed by atoms with Gasteiger partial charge >= 0.3 is 5.97 Å². The molecule has 0 saturated heterocycles. The van der Waals surface area contributed by atoms with Gasteiger partial charge in [0.2, 0.25) is 0 Å². The lowest BCUT2D eigenvalue weighted by Gasteiger charge is -2.13. The van der Waals surface area contributed by atoms with Crippen molar-refractivity contribution in [3.63, 3.8) is 0 Å². The number of hydrogen-bond donors (Lipinski definition) is 3. The molecule has 1 heterocycles. The molecule has 9 heteroatoms. The number of carbonyl (C=O) groups is 2. The number of rotatable bonds is 10. The van der Waals surface area contributed by atoms with Crippen LogP contribution in [0.25, 0.3) is 10.9 Å². The highest BCUT2D eigenvalue weighted by atomic mass is 16.5. The summed E-state index contributed by atoms with van der Waals surface area (Å²) in [6.45, 7) is 2.62. The smallest absolute Gasteiger partial charge is 0.335 e. The zero-order valence-electron chi connectivity index (χ0n) is 20.5. The number of ether oxygens (including phenoxy) is 2. The number of methoxy groups -OCH3 is 1. The molecule has 9 nitrogen and oxygen atoms in total. The van der Waals surface area contributed by atoms with Crippen molar-refractivity contribution in [3.05, 3.63) is 105 Å². The molecule has 0 spiro atoms. The predicted molar refractivity (Wildman–Crippen MR) is 138 cm³/mol. The first-order chi connectivity index (χ1) is 17.9. The van der Waals surface area contributed by atoms with Crippen molar-refractivity contribution >= 4 is 22.8 Å². The monoisotopic (exact) mass is 501 g/mol. The summed E-state index contributed by atoms with van der Waals surface area (Å²) in [4.78, 5) is 43.8. The zero-order valence-corrected chi connectivity index (χ0v) is 20.5. The van der Waals surface area contributed by atoms with Crippen LogP contribution in [0, 0.1) is 0 Å². The second-order valence-electron chi connectivity index (χ2n) is 8.41. The summed E-state index contributed by atoms with van der Waals surface area (Å²) in [5, 5.41) is 12.1. The molecule has 0 aliphatic carbocycles. The molecular formula is C28H27N3O6.